The van der Waals surface area contributed by atoms with E-state index >= 15 is 0 Å². The van der Waals surface area contributed by atoms with Crippen LogP contribution in [0, 0.1) is 17.3 Å². The Morgan fingerprint density at radius 3 is 2.83 bits per heavy atom. The zero-order valence-corrected chi connectivity index (χ0v) is 8.34. The van der Waals surface area contributed by atoms with Crippen molar-refractivity contribution < 1.29 is 0 Å². The molecule has 0 aromatic heterocycles. The van der Waals surface area contributed by atoms with E-state index < -0.39 is 0 Å². The highest BCUT2D eigenvalue weighted by Gasteiger charge is 2.37. The van der Waals surface area contributed by atoms with Gasteiger partial charge in [-0.2, -0.15) is 0 Å². The van der Waals surface area contributed by atoms with Gasteiger partial charge in [0.1, 0.15) is 0 Å². The molecule has 2 aliphatic carbocycles. The molecule has 0 aromatic rings. The van der Waals surface area contributed by atoms with Crippen molar-refractivity contribution in [3.05, 3.63) is 12.2 Å². The molecule has 2 unspecified atom stereocenters. The topological polar surface area (TPSA) is 0 Å². The molecule has 2 rings (SSSR count). The van der Waals surface area contributed by atoms with Crippen molar-refractivity contribution in [3.8, 4) is 0 Å². The molecular weight excluding hydrogens is 144 g/mol. The predicted octanol–water partition coefficient (Wildman–Crippen LogP) is 3.78. The summed E-state index contributed by atoms with van der Waals surface area (Å²) in [5.74, 6) is 1.90. The van der Waals surface area contributed by atoms with Crippen molar-refractivity contribution in [2.24, 2.45) is 17.3 Å². The molecule has 2 aliphatic rings. The number of fused-ring (bicyclic) bond motifs is 1. The number of rotatable bonds is 0. The molecule has 12 heavy (non-hydrogen) atoms. The summed E-state index contributed by atoms with van der Waals surface area (Å²) in [7, 11) is 0. The van der Waals surface area contributed by atoms with Gasteiger partial charge in [-0.1, -0.05) is 32.4 Å². The summed E-state index contributed by atoms with van der Waals surface area (Å²) >= 11 is 0. The molecule has 0 heterocycles. The van der Waals surface area contributed by atoms with Crippen LogP contribution in [0.25, 0.3) is 0 Å². The minimum Gasteiger partial charge on any atom is -0.0882 e. The highest BCUT2D eigenvalue weighted by molar-refractivity contribution is 5.04. The summed E-state index contributed by atoms with van der Waals surface area (Å²) in [6.07, 6.45) is 12.0. The van der Waals surface area contributed by atoms with Crippen molar-refractivity contribution in [1.82, 2.24) is 0 Å². The standard InChI is InChI=1S/C12H20/c1-12(2)9-5-7-10-6-3-4-8-11(10)12/h4,8,10-11H,3,5-7,9H2,1-2H3. The van der Waals surface area contributed by atoms with Gasteiger partial charge in [0.2, 0.25) is 0 Å². The normalized spacial score (nSPS) is 39.2. The van der Waals surface area contributed by atoms with Crippen LogP contribution in [-0.2, 0) is 0 Å². The highest BCUT2D eigenvalue weighted by atomic mass is 14.4. The van der Waals surface area contributed by atoms with Gasteiger partial charge in [-0.05, 0) is 42.9 Å². The average molecular weight is 164 g/mol. The lowest BCUT2D eigenvalue weighted by atomic mass is 9.61. The van der Waals surface area contributed by atoms with Crippen LogP contribution >= 0.6 is 0 Å². The summed E-state index contributed by atoms with van der Waals surface area (Å²) in [6.45, 7) is 4.89. The van der Waals surface area contributed by atoms with Crippen LogP contribution in [0.3, 0.4) is 0 Å². The molecule has 1 saturated carbocycles. The molecule has 0 bridgehead atoms. The van der Waals surface area contributed by atoms with E-state index in [2.05, 4.69) is 26.0 Å². The van der Waals surface area contributed by atoms with E-state index in [4.69, 9.17) is 0 Å². The minimum absolute atomic E-state index is 0.583. The molecule has 2 atom stereocenters. The third kappa shape index (κ3) is 1.32. The minimum atomic E-state index is 0.583. The molecule has 0 N–H and O–H groups in total. The van der Waals surface area contributed by atoms with E-state index in [9.17, 15) is 0 Å². The summed E-state index contributed by atoms with van der Waals surface area (Å²) in [4.78, 5) is 0. The lowest BCUT2D eigenvalue weighted by Crippen LogP contribution is -2.34. The zero-order chi connectivity index (χ0) is 8.60. The monoisotopic (exact) mass is 164 g/mol. The summed E-state index contributed by atoms with van der Waals surface area (Å²) in [6, 6.07) is 0. The molecule has 0 heteroatoms. The summed E-state index contributed by atoms with van der Waals surface area (Å²) < 4.78 is 0. The molecule has 0 aromatic carbocycles. The van der Waals surface area contributed by atoms with Gasteiger partial charge in [0, 0.05) is 0 Å². The number of hydrogen-bond acceptors (Lipinski definition) is 0. The lowest BCUT2D eigenvalue weighted by Gasteiger charge is -2.44. The van der Waals surface area contributed by atoms with Gasteiger partial charge in [0.15, 0.2) is 0 Å². The van der Waals surface area contributed by atoms with E-state index in [-0.39, 0.29) is 0 Å². The Hall–Kier alpha value is -0.260. The maximum absolute atomic E-state index is 2.49. The first-order valence-corrected chi connectivity index (χ1v) is 5.37. The summed E-state index contributed by atoms with van der Waals surface area (Å²) in [5, 5.41) is 0. The average Bonchev–Trinajstić information content (AvgIpc) is 2.04. The van der Waals surface area contributed by atoms with Crippen LogP contribution in [0.1, 0.15) is 46.0 Å². The Kier molecular flexibility index (Phi) is 2.02. The van der Waals surface area contributed by atoms with Gasteiger partial charge >= 0.3 is 0 Å². The molecule has 0 aliphatic heterocycles. The second kappa shape index (κ2) is 2.90. The molecule has 0 nitrogen and oxygen atoms in total. The Morgan fingerprint density at radius 2 is 2.08 bits per heavy atom. The van der Waals surface area contributed by atoms with Crippen molar-refractivity contribution in [3.63, 3.8) is 0 Å². The Bertz CT molecular complexity index is 188. The molecule has 0 saturated heterocycles. The quantitative estimate of drug-likeness (QED) is 0.478. The van der Waals surface area contributed by atoms with Gasteiger partial charge in [0.25, 0.3) is 0 Å². The summed E-state index contributed by atoms with van der Waals surface area (Å²) in [5.41, 5.74) is 0.583. The van der Waals surface area contributed by atoms with Gasteiger partial charge in [-0.3, -0.25) is 0 Å². The van der Waals surface area contributed by atoms with Crippen LogP contribution < -0.4 is 0 Å². The van der Waals surface area contributed by atoms with E-state index in [1.165, 1.54) is 32.1 Å². The molecule has 1 fully saturated rings. The Balaban J connectivity index is 2.19. The van der Waals surface area contributed by atoms with Crippen molar-refractivity contribution in [2.45, 2.75) is 46.0 Å². The third-order valence-corrected chi connectivity index (χ3v) is 3.85. The van der Waals surface area contributed by atoms with Crippen LogP contribution in [0.4, 0.5) is 0 Å². The van der Waals surface area contributed by atoms with Gasteiger partial charge < -0.3 is 0 Å². The van der Waals surface area contributed by atoms with Crippen LogP contribution in [0.15, 0.2) is 12.2 Å². The molecule has 0 spiro atoms. The maximum Gasteiger partial charge on any atom is -0.0154 e. The fraction of sp³-hybridized carbons (Fsp3) is 0.833. The molecule has 0 amide bonds. The second-order valence-corrected chi connectivity index (χ2v) is 5.17. The first kappa shape index (κ1) is 8.34. The van der Waals surface area contributed by atoms with Crippen molar-refractivity contribution in [2.75, 3.05) is 0 Å². The predicted molar refractivity (Wildman–Crippen MR) is 53.0 cm³/mol. The van der Waals surface area contributed by atoms with E-state index in [0.717, 1.165) is 11.8 Å². The number of hydrogen-bond donors (Lipinski definition) is 0. The van der Waals surface area contributed by atoms with Gasteiger partial charge in [-0.15, -0.1) is 0 Å². The smallest absolute Gasteiger partial charge is 0.0154 e. The van der Waals surface area contributed by atoms with Gasteiger partial charge in [-0.25, -0.2) is 0 Å². The van der Waals surface area contributed by atoms with Crippen molar-refractivity contribution in [1.29, 1.82) is 0 Å². The van der Waals surface area contributed by atoms with E-state index in [1.54, 1.807) is 0 Å². The highest BCUT2D eigenvalue weighted by Crippen LogP contribution is 2.47. The van der Waals surface area contributed by atoms with Crippen LogP contribution in [0.2, 0.25) is 0 Å². The van der Waals surface area contributed by atoms with Crippen molar-refractivity contribution >= 4 is 0 Å². The maximum atomic E-state index is 2.49. The first-order valence-electron chi connectivity index (χ1n) is 5.37. The lowest BCUT2D eigenvalue weighted by molar-refractivity contribution is 0.101. The van der Waals surface area contributed by atoms with E-state index in [0.29, 0.717) is 5.41 Å². The fourth-order valence-electron chi connectivity index (χ4n) is 3.10. The Morgan fingerprint density at radius 1 is 1.25 bits per heavy atom. The molecule has 68 valence electrons. The molecule has 0 radical (unpaired) electrons. The largest absolute Gasteiger partial charge is 0.0882 e. The fourth-order valence-corrected chi connectivity index (χ4v) is 3.10. The van der Waals surface area contributed by atoms with Gasteiger partial charge in [0.05, 0.1) is 0 Å². The molecular formula is C12H20. The van der Waals surface area contributed by atoms with E-state index in [1.807, 2.05) is 0 Å². The van der Waals surface area contributed by atoms with Crippen LogP contribution in [0.5, 0.6) is 0 Å². The zero-order valence-electron chi connectivity index (χ0n) is 8.34. The van der Waals surface area contributed by atoms with Crippen LogP contribution in [-0.4, -0.2) is 0 Å². The Labute approximate surface area is 76.1 Å². The third-order valence-electron chi connectivity index (χ3n) is 3.85. The SMILES string of the molecule is CC1(C)CCCC2CCC=CC21. The second-order valence-electron chi connectivity index (χ2n) is 5.17. The number of allylic oxidation sites excluding steroid dienone is 2. The first-order chi connectivity index (χ1) is 5.70.